The van der Waals surface area contributed by atoms with E-state index in [0.29, 0.717) is 6.54 Å². The number of methoxy groups -OCH3 is 1. The van der Waals surface area contributed by atoms with Crippen LogP contribution in [-0.2, 0) is 0 Å². The summed E-state index contributed by atoms with van der Waals surface area (Å²) in [5.74, 6) is 0.898. The van der Waals surface area contributed by atoms with Gasteiger partial charge in [0.05, 0.1) is 13.2 Å². The molecule has 128 valence electrons. The predicted molar refractivity (Wildman–Crippen MR) is 98.1 cm³/mol. The topological polar surface area (TPSA) is 41.6 Å². The molecule has 1 unspecified atom stereocenters. The molecule has 2 aromatic rings. The lowest BCUT2D eigenvalue weighted by molar-refractivity contribution is 0.0631. The number of hydrogen-bond acceptors (Lipinski definition) is 3. The van der Waals surface area contributed by atoms with Gasteiger partial charge in [-0.3, -0.25) is 4.79 Å². The van der Waals surface area contributed by atoms with Crippen LogP contribution >= 0.6 is 12.4 Å². The number of nitrogens with one attached hydrogen (secondary N) is 1. The van der Waals surface area contributed by atoms with Gasteiger partial charge in [0.2, 0.25) is 0 Å². The number of benzene rings is 2. The van der Waals surface area contributed by atoms with Gasteiger partial charge in [-0.25, -0.2) is 0 Å². The highest BCUT2D eigenvalue weighted by atomic mass is 35.5. The Balaban J connectivity index is 0.00000208. The average Bonchev–Trinajstić information content (AvgIpc) is 2.61. The van der Waals surface area contributed by atoms with Gasteiger partial charge in [-0.15, -0.1) is 12.4 Å². The number of nitrogens with zero attached hydrogens (tertiary/aromatic N) is 1. The maximum Gasteiger partial charge on any atom is 0.254 e. The Morgan fingerprint density at radius 2 is 2.00 bits per heavy atom. The van der Waals surface area contributed by atoms with Crippen LogP contribution in [0.1, 0.15) is 27.5 Å². The molecule has 4 nitrogen and oxygen atoms in total. The number of rotatable bonds is 3. The van der Waals surface area contributed by atoms with Crippen molar-refractivity contribution in [3.05, 3.63) is 65.2 Å². The van der Waals surface area contributed by atoms with Crippen molar-refractivity contribution in [2.75, 3.05) is 26.7 Å². The first-order valence-electron chi connectivity index (χ1n) is 7.92. The maximum absolute atomic E-state index is 13.0. The Kier molecular flexibility index (Phi) is 6.23. The zero-order valence-electron chi connectivity index (χ0n) is 14.0. The van der Waals surface area contributed by atoms with Crippen LogP contribution in [0.25, 0.3) is 0 Å². The van der Waals surface area contributed by atoms with Gasteiger partial charge < -0.3 is 15.0 Å². The SMILES string of the molecule is COc1ccccc1C1CNCCN1C(=O)c1cccc(C)c1.Cl. The predicted octanol–water partition coefficient (Wildman–Crippen LogP) is 3.21. The van der Waals surface area contributed by atoms with E-state index in [9.17, 15) is 4.79 Å². The Labute approximate surface area is 149 Å². The quantitative estimate of drug-likeness (QED) is 0.927. The minimum atomic E-state index is -0.0205. The monoisotopic (exact) mass is 346 g/mol. The first-order chi connectivity index (χ1) is 11.2. The fraction of sp³-hybridized carbons (Fsp3) is 0.316. The third-order valence-electron chi connectivity index (χ3n) is 4.27. The van der Waals surface area contributed by atoms with Crippen molar-refractivity contribution in [2.24, 2.45) is 0 Å². The lowest BCUT2D eigenvalue weighted by atomic mass is 10.0. The minimum Gasteiger partial charge on any atom is -0.496 e. The molecule has 1 atom stereocenters. The van der Waals surface area contributed by atoms with Gasteiger partial charge in [0.1, 0.15) is 5.75 Å². The first kappa shape index (κ1) is 18.3. The molecule has 0 aliphatic carbocycles. The summed E-state index contributed by atoms with van der Waals surface area (Å²) in [5.41, 5.74) is 2.88. The van der Waals surface area contributed by atoms with Gasteiger partial charge >= 0.3 is 0 Å². The van der Waals surface area contributed by atoms with E-state index in [-0.39, 0.29) is 24.4 Å². The molecule has 1 saturated heterocycles. The standard InChI is InChI=1S/C19H22N2O2.ClH/c1-14-6-5-7-15(12-14)19(22)21-11-10-20-13-17(21)16-8-3-4-9-18(16)23-2;/h3-9,12,17,20H,10-11,13H2,1-2H3;1H. The second kappa shape index (κ2) is 8.18. The molecule has 1 heterocycles. The highest BCUT2D eigenvalue weighted by Crippen LogP contribution is 2.31. The largest absolute Gasteiger partial charge is 0.496 e. The maximum atomic E-state index is 13.0. The van der Waals surface area contributed by atoms with Crippen LogP contribution in [0, 0.1) is 6.92 Å². The molecule has 1 aliphatic rings. The molecule has 1 amide bonds. The van der Waals surface area contributed by atoms with Gasteiger partial charge in [-0.1, -0.05) is 35.9 Å². The van der Waals surface area contributed by atoms with Crippen LogP contribution in [0.5, 0.6) is 5.75 Å². The van der Waals surface area contributed by atoms with E-state index < -0.39 is 0 Å². The average molecular weight is 347 g/mol. The fourth-order valence-electron chi connectivity index (χ4n) is 3.11. The Morgan fingerprint density at radius 1 is 1.21 bits per heavy atom. The third kappa shape index (κ3) is 3.71. The molecule has 0 radical (unpaired) electrons. The van der Waals surface area contributed by atoms with Crippen LogP contribution in [0.15, 0.2) is 48.5 Å². The number of piperazine rings is 1. The van der Waals surface area contributed by atoms with E-state index in [1.807, 2.05) is 60.4 Å². The molecule has 1 N–H and O–H groups in total. The zero-order chi connectivity index (χ0) is 16.2. The Bertz CT molecular complexity index is 705. The Hall–Kier alpha value is -2.04. The molecule has 1 aliphatic heterocycles. The molecule has 1 fully saturated rings. The molecule has 5 heteroatoms. The third-order valence-corrected chi connectivity index (χ3v) is 4.27. The number of aryl methyl sites for hydroxylation is 1. The zero-order valence-corrected chi connectivity index (χ0v) is 14.8. The molecule has 0 bridgehead atoms. The molecular formula is C19H23ClN2O2. The van der Waals surface area contributed by atoms with E-state index in [4.69, 9.17) is 4.74 Å². The number of amides is 1. The van der Waals surface area contributed by atoms with Gasteiger partial charge in [-0.05, 0) is 25.1 Å². The lowest BCUT2D eigenvalue weighted by Gasteiger charge is -2.37. The summed E-state index contributed by atoms with van der Waals surface area (Å²) in [6.07, 6.45) is 0. The molecule has 0 spiro atoms. The number of ether oxygens (including phenoxy) is 1. The van der Waals surface area contributed by atoms with Crippen molar-refractivity contribution in [3.63, 3.8) is 0 Å². The number of para-hydroxylation sites is 1. The normalized spacial score (nSPS) is 17.1. The molecule has 0 aromatic heterocycles. The summed E-state index contributed by atoms with van der Waals surface area (Å²) < 4.78 is 5.49. The number of carbonyl (C=O) groups is 1. The molecule has 2 aromatic carbocycles. The summed E-state index contributed by atoms with van der Waals surface area (Å²) in [4.78, 5) is 14.9. The molecular weight excluding hydrogens is 324 g/mol. The summed E-state index contributed by atoms with van der Waals surface area (Å²) in [7, 11) is 1.67. The molecule has 0 saturated carbocycles. The van der Waals surface area contributed by atoms with E-state index in [0.717, 1.165) is 35.5 Å². The van der Waals surface area contributed by atoms with Crippen molar-refractivity contribution in [1.82, 2.24) is 10.2 Å². The minimum absolute atomic E-state index is 0. The molecule has 3 rings (SSSR count). The Morgan fingerprint density at radius 3 is 2.75 bits per heavy atom. The number of halogens is 1. The summed E-state index contributed by atoms with van der Waals surface area (Å²) in [6, 6.07) is 15.7. The number of carbonyl (C=O) groups excluding carboxylic acids is 1. The van der Waals surface area contributed by atoms with Crippen LogP contribution in [0.2, 0.25) is 0 Å². The second-order valence-corrected chi connectivity index (χ2v) is 5.83. The van der Waals surface area contributed by atoms with Gasteiger partial charge in [0.15, 0.2) is 0 Å². The van der Waals surface area contributed by atoms with Crippen LogP contribution in [0.4, 0.5) is 0 Å². The van der Waals surface area contributed by atoms with Crippen molar-refractivity contribution >= 4 is 18.3 Å². The van der Waals surface area contributed by atoms with Crippen molar-refractivity contribution in [1.29, 1.82) is 0 Å². The highest BCUT2D eigenvalue weighted by Gasteiger charge is 2.30. The highest BCUT2D eigenvalue weighted by molar-refractivity contribution is 5.94. The van der Waals surface area contributed by atoms with Crippen LogP contribution < -0.4 is 10.1 Å². The second-order valence-electron chi connectivity index (χ2n) is 5.83. The summed E-state index contributed by atoms with van der Waals surface area (Å²) in [6.45, 7) is 4.24. The van der Waals surface area contributed by atoms with Gasteiger partial charge in [0, 0.05) is 30.8 Å². The van der Waals surface area contributed by atoms with E-state index in [2.05, 4.69) is 5.32 Å². The van der Waals surface area contributed by atoms with Crippen molar-refractivity contribution in [2.45, 2.75) is 13.0 Å². The van der Waals surface area contributed by atoms with Crippen LogP contribution in [0.3, 0.4) is 0 Å². The van der Waals surface area contributed by atoms with Crippen molar-refractivity contribution in [3.8, 4) is 5.75 Å². The smallest absolute Gasteiger partial charge is 0.254 e. The van der Waals surface area contributed by atoms with Crippen LogP contribution in [-0.4, -0.2) is 37.6 Å². The van der Waals surface area contributed by atoms with E-state index in [1.54, 1.807) is 7.11 Å². The fourth-order valence-corrected chi connectivity index (χ4v) is 3.11. The number of hydrogen-bond donors (Lipinski definition) is 1. The van der Waals surface area contributed by atoms with E-state index in [1.165, 1.54) is 0 Å². The molecule has 24 heavy (non-hydrogen) atoms. The summed E-state index contributed by atoms with van der Waals surface area (Å²) >= 11 is 0. The van der Waals surface area contributed by atoms with E-state index >= 15 is 0 Å². The van der Waals surface area contributed by atoms with Gasteiger partial charge in [-0.2, -0.15) is 0 Å². The van der Waals surface area contributed by atoms with Gasteiger partial charge in [0.25, 0.3) is 5.91 Å². The summed E-state index contributed by atoms with van der Waals surface area (Å²) in [5, 5.41) is 3.38. The first-order valence-corrected chi connectivity index (χ1v) is 7.92. The lowest BCUT2D eigenvalue weighted by Crippen LogP contribution is -2.48. The van der Waals surface area contributed by atoms with Crippen molar-refractivity contribution < 1.29 is 9.53 Å².